The van der Waals surface area contributed by atoms with Crippen molar-refractivity contribution in [3.05, 3.63) is 59.7 Å². The van der Waals surface area contributed by atoms with Gasteiger partial charge in [0.1, 0.15) is 0 Å². The Balaban J connectivity index is 1.71. The van der Waals surface area contributed by atoms with E-state index in [0.717, 1.165) is 34.9 Å². The van der Waals surface area contributed by atoms with Gasteiger partial charge in [0.25, 0.3) is 0 Å². The highest BCUT2D eigenvalue weighted by Gasteiger charge is 2.19. The molecule has 0 heterocycles. The van der Waals surface area contributed by atoms with E-state index in [9.17, 15) is 20.4 Å². The summed E-state index contributed by atoms with van der Waals surface area (Å²) in [6.07, 6.45) is 0. The van der Waals surface area contributed by atoms with Crippen LogP contribution in [0.5, 0.6) is 23.0 Å². The van der Waals surface area contributed by atoms with Crippen molar-refractivity contribution in [1.82, 2.24) is 0 Å². The molecule has 0 fully saturated rings. The number of fused-ring (bicyclic) bond motifs is 2. The Labute approximate surface area is 176 Å². The van der Waals surface area contributed by atoms with Gasteiger partial charge in [0.2, 0.25) is 0 Å². The van der Waals surface area contributed by atoms with Crippen LogP contribution in [-0.2, 0) is 3.63 Å². The summed E-state index contributed by atoms with van der Waals surface area (Å²) >= 11 is 2.14. The van der Waals surface area contributed by atoms with E-state index in [0.29, 0.717) is 31.7 Å². The van der Waals surface area contributed by atoms with Gasteiger partial charge < -0.3 is 20.4 Å². The maximum atomic E-state index is 10.3. The Bertz CT molecular complexity index is 1160. The van der Waals surface area contributed by atoms with Crippen molar-refractivity contribution in [3.8, 4) is 23.0 Å². The van der Waals surface area contributed by atoms with Crippen molar-refractivity contribution in [2.45, 2.75) is 23.6 Å². The molecule has 0 unspecified atom stereocenters. The van der Waals surface area contributed by atoms with Crippen LogP contribution in [0.3, 0.4) is 0 Å². The van der Waals surface area contributed by atoms with Crippen LogP contribution in [0, 0.1) is 13.8 Å². The molecule has 0 aliphatic rings. The largest absolute Gasteiger partial charge is 0.504 e. The maximum Gasteiger partial charge on any atom is 0.165 e. The first-order valence-electron chi connectivity index (χ1n) is 8.79. The zero-order chi connectivity index (χ0) is 20.7. The number of phenolic OH excluding ortho intramolecular Hbond substituents is 4. The zero-order valence-electron chi connectivity index (χ0n) is 15.6. The van der Waals surface area contributed by atoms with Crippen molar-refractivity contribution in [2.24, 2.45) is 0 Å². The first-order chi connectivity index (χ1) is 13.9. The summed E-state index contributed by atoms with van der Waals surface area (Å²) in [6.45, 7) is 3.43. The van der Waals surface area contributed by atoms with E-state index >= 15 is 0 Å². The highest BCUT2D eigenvalue weighted by molar-refractivity contribution is 8.08. The smallest absolute Gasteiger partial charge is 0.165 e. The molecule has 0 amide bonds. The Kier molecular flexibility index (Phi) is 5.12. The first kappa shape index (κ1) is 19.6. The second kappa shape index (κ2) is 7.59. The summed E-state index contributed by atoms with van der Waals surface area (Å²) in [7, 11) is 0. The highest BCUT2D eigenvalue weighted by Crippen LogP contribution is 2.48. The monoisotopic (exact) mass is 426 g/mol. The van der Waals surface area contributed by atoms with Gasteiger partial charge in [0.05, 0.1) is 9.79 Å². The minimum Gasteiger partial charge on any atom is -0.504 e. The summed E-state index contributed by atoms with van der Waals surface area (Å²) in [5, 5.41) is 43.6. The van der Waals surface area contributed by atoms with Crippen LogP contribution in [0.4, 0.5) is 0 Å². The number of phenols is 4. The second-order valence-corrected chi connectivity index (χ2v) is 8.32. The molecule has 0 aliphatic carbocycles. The predicted molar refractivity (Wildman–Crippen MR) is 117 cm³/mol. The van der Waals surface area contributed by atoms with Gasteiger partial charge in [-0.25, -0.2) is 3.63 Å². The minimum atomic E-state index is -0.177. The van der Waals surface area contributed by atoms with Gasteiger partial charge in [0.15, 0.2) is 23.0 Å². The molecule has 29 heavy (non-hydrogen) atoms. The summed E-state index contributed by atoms with van der Waals surface area (Å²) in [6, 6.07) is 14.4. The normalized spacial score (nSPS) is 11.4. The minimum absolute atomic E-state index is 0.152. The molecule has 7 heteroatoms. The Morgan fingerprint density at radius 3 is 1.28 bits per heavy atom. The van der Waals surface area contributed by atoms with E-state index < -0.39 is 0 Å². The number of rotatable bonds is 4. The van der Waals surface area contributed by atoms with Crippen LogP contribution in [0.25, 0.3) is 21.5 Å². The lowest BCUT2D eigenvalue weighted by atomic mass is 10.1. The average Bonchev–Trinajstić information content (AvgIpc) is 2.75. The van der Waals surface area contributed by atoms with E-state index in [4.69, 9.17) is 3.63 Å². The fraction of sp³-hybridized carbons (Fsp3) is 0.0909. The van der Waals surface area contributed by atoms with Crippen LogP contribution < -0.4 is 0 Å². The maximum absolute atomic E-state index is 10.3. The third kappa shape index (κ3) is 3.21. The highest BCUT2D eigenvalue weighted by atomic mass is 32.2. The number of hydrogen-bond donors (Lipinski definition) is 4. The molecule has 148 valence electrons. The summed E-state index contributed by atoms with van der Waals surface area (Å²) in [4.78, 5) is 1.38. The summed E-state index contributed by atoms with van der Waals surface area (Å²) < 4.78 is 5.82. The summed E-state index contributed by atoms with van der Waals surface area (Å²) in [5.74, 6) is -0.659. The molecule has 0 saturated carbocycles. The Hall–Kier alpha value is -2.74. The fourth-order valence-corrected chi connectivity index (χ4v) is 4.96. The molecule has 4 aromatic rings. The lowest BCUT2D eigenvalue weighted by Crippen LogP contribution is -1.88. The molecule has 0 radical (unpaired) electrons. The van der Waals surface area contributed by atoms with E-state index in [-0.39, 0.29) is 23.0 Å². The quantitative estimate of drug-likeness (QED) is 0.229. The van der Waals surface area contributed by atoms with Crippen molar-refractivity contribution in [3.63, 3.8) is 0 Å². The molecule has 0 aliphatic heterocycles. The fourth-order valence-electron chi connectivity index (χ4n) is 3.30. The topological polar surface area (TPSA) is 90.2 Å². The third-order valence-corrected chi connectivity index (χ3v) is 6.86. The van der Waals surface area contributed by atoms with Crippen LogP contribution >= 0.6 is 24.1 Å². The Morgan fingerprint density at radius 2 is 0.897 bits per heavy atom. The zero-order valence-corrected chi connectivity index (χ0v) is 17.3. The molecule has 5 nitrogen and oxygen atoms in total. The van der Waals surface area contributed by atoms with Crippen molar-refractivity contribution in [1.29, 1.82) is 0 Å². The molecule has 0 saturated heterocycles. The van der Waals surface area contributed by atoms with Crippen molar-refractivity contribution >= 4 is 45.6 Å². The van der Waals surface area contributed by atoms with E-state index in [1.54, 1.807) is 38.1 Å². The van der Waals surface area contributed by atoms with Crippen LogP contribution in [-0.4, -0.2) is 20.4 Å². The standard InChI is InChI=1S/C22H18O5S2/c1-11-17(23)19(25)13-7-3-5-9-15(13)21(11)28-27-29-22-12(2)18(24)20(26)14-8-4-6-10-16(14)22/h3-10,23-26H,1-2H3. The molecule has 4 N–H and O–H groups in total. The number of hydrogen-bond acceptors (Lipinski definition) is 7. The molecular formula is C22H18O5S2. The molecule has 0 atom stereocenters. The van der Waals surface area contributed by atoms with Gasteiger partial charge in [-0.3, -0.25) is 0 Å². The van der Waals surface area contributed by atoms with Gasteiger partial charge >= 0.3 is 0 Å². The molecule has 0 bridgehead atoms. The lowest BCUT2D eigenvalue weighted by molar-refractivity contribution is 0.404. The molecule has 4 rings (SSSR count). The molecular weight excluding hydrogens is 408 g/mol. The van der Waals surface area contributed by atoms with Crippen LogP contribution in [0.2, 0.25) is 0 Å². The van der Waals surface area contributed by atoms with Crippen molar-refractivity contribution < 1.29 is 24.1 Å². The van der Waals surface area contributed by atoms with E-state index in [2.05, 4.69) is 0 Å². The van der Waals surface area contributed by atoms with Gasteiger partial charge in [-0.2, -0.15) is 0 Å². The summed E-state index contributed by atoms with van der Waals surface area (Å²) in [5.41, 5.74) is 1.03. The SMILES string of the molecule is Cc1c(O)c(O)c2ccccc2c1SOSc1c(C)c(O)c(O)c2ccccc12. The van der Waals surface area contributed by atoms with Gasteiger partial charge in [-0.15, -0.1) is 0 Å². The Morgan fingerprint density at radius 1 is 0.552 bits per heavy atom. The molecule has 0 spiro atoms. The first-order valence-corrected chi connectivity index (χ1v) is 10.3. The molecule has 4 aromatic carbocycles. The van der Waals surface area contributed by atoms with Crippen LogP contribution in [0.15, 0.2) is 58.3 Å². The molecule has 0 aromatic heterocycles. The second-order valence-electron chi connectivity index (χ2n) is 6.63. The van der Waals surface area contributed by atoms with Crippen molar-refractivity contribution in [2.75, 3.05) is 0 Å². The van der Waals surface area contributed by atoms with E-state index in [1.165, 1.54) is 0 Å². The van der Waals surface area contributed by atoms with Crippen LogP contribution in [0.1, 0.15) is 11.1 Å². The number of aromatic hydroxyl groups is 4. The number of benzene rings is 4. The predicted octanol–water partition coefficient (Wildman–Crippen LogP) is 6.16. The van der Waals surface area contributed by atoms with E-state index in [1.807, 2.05) is 24.3 Å². The van der Waals surface area contributed by atoms with Gasteiger partial charge in [-0.05, 0) is 13.8 Å². The van der Waals surface area contributed by atoms with Gasteiger partial charge in [0, 0.05) is 56.8 Å². The average molecular weight is 427 g/mol. The third-order valence-electron chi connectivity index (χ3n) is 4.93. The lowest BCUT2D eigenvalue weighted by Gasteiger charge is -2.15. The van der Waals surface area contributed by atoms with Gasteiger partial charge in [-0.1, -0.05) is 48.5 Å².